The summed E-state index contributed by atoms with van der Waals surface area (Å²) in [5, 5.41) is 17.9. The number of hydrogen-bond acceptors (Lipinski definition) is 8. The van der Waals surface area contributed by atoms with Crippen molar-refractivity contribution < 1.29 is 19.0 Å². The van der Waals surface area contributed by atoms with Gasteiger partial charge < -0.3 is 4.52 Å². The minimum atomic E-state index is -0.592. The van der Waals surface area contributed by atoms with Crippen LogP contribution in [0, 0.1) is 17.0 Å². The number of benzene rings is 3. The number of rotatable bonds is 5. The molecule has 0 N–H and O–H groups in total. The van der Waals surface area contributed by atoms with Crippen molar-refractivity contribution in [3.63, 3.8) is 0 Å². The fourth-order valence-electron chi connectivity index (χ4n) is 4.41. The Morgan fingerprint density at radius 2 is 1.51 bits per heavy atom. The third kappa shape index (κ3) is 3.30. The topological polar surface area (TPSA) is 122 Å². The standard InChI is InChI=1S/C25H17N5O5/c1-14-6-8-16(9-7-14)22-26-23(35-27-22)21-20(15-10-12-17(13-11-15)30(33)34)28(21)29-24(31)18-4-2-3-5-19(18)25(29)32/h2-13,20-21H,1H3/t20-,21+,28?/m0/s1. The van der Waals surface area contributed by atoms with Crippen LogP contribution in [0.25, 0.3) is 11.4 Å². The highest BCUT2D eigenvalue weighted by atomic mass is 16.6. The van der Waals surface area contributed by atoms with Crippen LogP contribution in [0.5, 0.6) is 0 Å². The first-order valence-electron chi connectivity index (χ1n) is 10.8. The zero-order valence-corrected chi connectivity index (χ0v) is 18.4. The molecule has 6 rings (SSSR count). The molecular formula is C25H17N5O5. The van der Waals surface area contributed by atoms with E-state index in [0.717, 1.165) is 16.1 Å². The van der Waals surface area contributed by atoms with Gasteiger partial charge in [0.15, 0.2) is 0 Å². The fraction of sp³-hybridized carbons (Fsp3) is 0.120. The van der Waals surface area contributed by atoms with Crippen LogP contribution in [0.4, 0.5) is 5.69 Å². The molecular weight excluding hydrogens is 450 g/mol. The monoisotopic (exact) mass is 467 g/mol. The molecule has 0 radical (unpaired) electrons. The second kappa shape index (κ2) is 7.67. The molecule has 10 heteroatoms. The lowest BCUT2D eigenvalue weighted by molar-refractivity contribution is -0.384. The first-order valence-corrected chi connectivity index (χ1v) is 10.8. The van der Waals surface area contributed by atoms with E-state index >= 15 is 0 Å². The summed E-state index contributed by atoms with van der Waals surface area (Å²) < 4.78 is 5.56. The second-order valence-corrected chi connectivity index (χ2v) is 8.41. The van der Waals surface area contributed by atoms with Gasteiger partial charge in [0.05, 0.1) is 22.1 Å². The number of amides is 2. The molecule has 172 valence electrons. The van der Waals surface area contributed by atoms with Crippen molar-refractivity contribution in [1.29, 1.82) is 0 Å². The van der Waals surface area contributed by atoms with Crippen LogP contribution < -0.4 is 0 Å². The minimum Gasteiger partial charge on any atom is -0.337 e. The zero-order chi connectivity index (χ0) is 24.3. The van der Waals surface area contributed by atoms with Crippen molar-refractivity contribution in [3.8, 4) is 11.4 Å². The highest BCUT2D eigenvalue weighted by Crippen LogP contribution is 2.56. The highest BCUT2D eigenvalue weighted by Gasteiger charge is 2.61. The summed E-state index contributed by atoms with van der Waals surface area (Å²) in [5.74, 6) is -0.270. The minimum absolute atomic E-state index is 0.0577. The molecule has 35 heavy (non-hydrogen) atoms. The Hall–Kier alpha value is -4.70. The van der Waals surface area contributed by atoms with Gasteiger partial charge in [-0.15, -0.1) is 0 Å². The number of hydrazine groups is 1. The Morgan fingerprint density at radius 1 is 0.886 bits per heavy atom. The van der Waals surface area contributed by atoms with E-state index in [-0.39, 0.29) is 11.6 Å². The Bertz CT molecular complexity index is 1460. The van der Waals surface area contributed by atoms with Crippen LogP contribution in [0.3, 0.4) is 0 Å². The van der Waals surface area contributed by atoms with E-state index in [1.54, 1.807) is 41.4 Å². The molecule has 0 aliphatic carbocycles. The van der Waals surface area contributed by atoms with Gasteiger partial charge >= 0.3 is 0 Å². The number of nitro benzene ring substituents is 1. The van der Waals surface area contributed by atoms with Crippen molar-refractivity contribution in [2.75, 3.05) is 0 Å². The summed E-state index contributed by atoms with van der Waals surface area (Å²) in [5.41, 5.74) is 3.11. The molecule has 1 fully saturated rings. The molecule has 2 aliphatic heterocycles. The predicted molar refractivity (Wildman–Crippen MR) is 122 cm³/mol. The van der Waals surface area contributed by atoms with Crippen molar-refractivity contribution in [1.82, 2.24) is 20.2 Å². The van der Waals surface area contributed by atoms with Gasteiger partial charge in [0.25, 0.3) is 17.5 Å². The molecule has 3 atom stereocenters. The summed E-state index contributed by atoms with van der Waals surface area (Å²) in [6, 6.07) is 19.1. The first-order chi connectivity index (χ1) is 16.9. The molecule has 2 amide bonds. The number of aromatic nitrogens is 2. The van der Waals surface area contributed by atoms with E-state index in [0.29, 0.717) is 22.5 Å². The van der Waals surface area contributed by atoms with Crippen molar-refractivity contribution >= 4 is 17.5 Å². The number of hydrogen-bond donors (Lipinski definition) is 0. The molecule has 10 nitrogen and oxygen atoms in total. The van der Waals surface area contributed by atoms with Gasteiger partial charge in [-0.2, -0.15) is 9.99 Å². The Labute approximate surface area is 198 Å². The third-order valence-corrected chi connectivity index (χ3v) is 6.23. The average Bonchev–Trinajstić information content (AvgIpc) is 3.27. The Morgan fingerprint density at radius 3 is 2.11 bits per heavy atom. The fourth-order valence-corrected chi connectivity index (χ4v) is 4.41. The van der Waals surface area contributed by atoms with E-state index in [9.17, 15) is 19.7 Å². The number of imide groups is 1. The number of nitro groups is 1. The van der Waals surface area contributed by atoms with Crippen LogP contribution in [0.1, 0.15) is 49.8 Å². The van der Waals surface area contributed by atoms with Crippen LogP contribution >= 0.6 is 0 Å². The lowest BCUT2D eigenvalue weighted by Gasteiger charge is -2.16. The maximum atomic E-state index is 13.2. The predicted octanol–water partition coefficient (Wildman–Crippen LogP) is 4.26. The SMILES string of the molecule is Cc1ccc(-c2noc([C@H]3[C@H](c4ccc([N+](=O)[O-])cc4)N3N3C(=O)c4ccccc4C3=O)n2)cc1. The lowest BCUT2D eigenvalue weighted by Crippen LogP contribution is -2.35. The number of fused-ring (bicyclic) bond motifs is 1. The largest absolute Gasteiger partial charge is 0.337 e. The highest BCUT2D eigenvalue weighted by molar-refractivity contribution is 6.21. The molecule has 1 saturated heterocycles. The van der Waals surface area contributed by atoms with Crippen LogP contribution in [-0.2, 0) is 0 Å². The molecule has 1 unspecified atom stereocenters. The van der Waals surface area contributed by atoms with Gasteiger partial charge in [-0.1, -0.05) is 59.3 Å². The molecule has 3 heterocycles. The Balaban J connectivity index is 1.38. The maximum Gasteiger partial charge on any atom is 0.276 e. The van der Waals surface area contributed by atoms with Gasteiger partial charge in [0.1, 0.15) is 6.04 Å². The van der Waals surface area contributed by atoms with Gasteiger partial charge in [0, 0.05) is 17.7 Å². The number of aryl methyl sites for hydroxylation is 1. The summed E-state index contributed by atoms with van der Waals surface area (Å²) >= 11 is 0. The molecule has 3 aromatic carbocycles. The quantitative estimate of drug-likeness (QED) is 0.185. The van der Waals surface area contributed by atoms with E-state index in [1.165, 1.54) is 12.1 Å². The third-order valence-electron chi connectivity index (χ3n) is 6.23. The van der Waals surface area contributed by atoms with Crippen molar-refractivity contribution in [2.24, 2.45) is 0 Å². The van der Waals surface area contributed by atoms with E-state index in [1.807, 2.05) is 31.2 Å². The summed E-state index contributed by atoms with van der Waals surface area (Å²) in [7, 11) is 0. The normalized spacial score (nSPS) is 20.7. The molecule has 0 spiro atoms. The van der Waals surface area contributed by atoms with Gasteiger partial charge in [-0.3, -0.25) is 19.7 Å². The molecule has 1 aromatic heterocycles. The van der Waals surface area contributed by atoms with E-state index < -0.39 is 28.8 Å². The van der Waals surface area contributed by atoms with Gasteiger partial charge in [-0.25, -0.2) is 5.01 Å². The van der Waals surface area contributed by atoms with Gasteiger partial charge in [0.2, 0.25) is 11.7 Å². The van der Waals surface area contributed by atoms with E-state index in [2.05, 4.69) is 10.1 Å². The first kappa shape index (κ1) is 20.9. The second-order valence-electron chi connectivity index (χ2n) is 8.41. The van der Waals surface area contributed by atoms with Crippen molar-refractivity contribution in [2.45, 2.75) is 19.0 Å². The number of carbonyl (C=O) groups is 2. The molecule has 2 aliphatic rings. The summed E-state index contributed by atoms with van der Waals surface area (Å²) in [6.45, 7) is 1.98. The van der Waals surface area contributed by atoms with E-state index in [4.69, 9.17) is 4.52 Å². The van der Waals surface area contributed by atoms with Crippen LogP contribution in [0.2, 0.25) is 0 Å². The summed E-state index contributed by atoms with van der Waals surface area (Å²) in [6.07, 6.45) is 0. The van der Waals surface area contributed by atoms with Crippen molar-refractivity contribution in [3.05, 3.63) is 111 Å². The smallest absolute Gasteiger partial charge is 0.276 e. The zero-order valence-electron chi connectivity index (χ0n) is 18.4. The van der Waals surface area contributed by atoms with Crippen LogP contribution in [-0.4, -0.2) is 36.9 Å². The van der Waals surface area contributed by atoms with Crippen LogP contribution in [0.15, 0.2) is 77.3 Å². The number of non-ortho nitro benzene ring substituents is 1. The average molecular weight is 467 g/mol. The molecule has 0 bridgehead atoms. The lowest BCUT2D eigenvalue weighted by atomic mass is 10.1. The molecule has 4 aromatic rings. The van der Waals surface area contributed by atoms with Gasteiger partial charge in [-0.05, 0) is 24.6 Å². The number of carbonyl (C=O) groups excluding carboxylic acids is 2. The molecule has 0 saturated carbocycles. The number of nitrogens with zero attached hydrogens (tertiary/aromatic N) is 5. The summed E-state index contributed by atoms with van der Waals surface area (Å²) in [4.78, 5) is 41.4. The maximum absolute atomic E-state index is 13.2. The Kier molecular flexibility index (Phi) is 4.58.